The first-order valence-corrected chi connectivity index (χ1v) is 6.69. The summed E-state index contributed by atoms with van der Waals surface area (Å²) >= 11 is 1.54. The van der Waals surface area contributed by atoms with Gasteiger partial charge in [0, 0.05) is 17.6 Å². The van der Waals surface area contributed by atoms with Crippen molar-refractivity contribution in [2.45, 2.75) is 51.0 Å². The fourth-order valence-corrected chi connectivity index (χ4v) is 2.82. The van der Waals surface area contributed by atoms with Crippen LogP contribution in [0.1, 0.15) is 44.5 Å². The van der Waals surface area contributed by atoms with E-state index in [4.69, 9.17) is 0 Å². The molecule has 2 rings (SSSR count). The topological polar surface area (TPSA) is 42.0 Å². The Morgan fingerprint density at radius 2 is 2.19 bits per heavy atom. The lowest BCUT2D eigenvalue weighted by Crippen LogP contribution is -2.44. The Bertz CT molecular complexity index is 353. The second-order valence-corrected chi connectivity index (χ2v) is 5.81. The highest BCUT2D eigenvalue weighted by Crippen LogP contribution is 2.26. The Hall–Kier alpha value is -0.900. The molecule has 1 aliphatic rings. The van der Waals surface area contributed by atoms with Crippen molar-refractivity contribution in [3.63, 3.8) is 0 Å². The molecule has 1 aliphatic carbocycles. The molecule has 1 heterocycles. The van der Waals surface area contributed by atoms with Gasteiger partial charge >= 0.3 is 0 Å². The van der Waals surface area contributed by atoms with Gasteiger partial charge < -0.3 is 5.32 Å². The zero-order valence-corrected chi connectivity index (χ0v) is 10.6. The number of carbonyl (C=O) groups excluding carboxylic acids is 1. The number of hydrogen-bond acceptors (Lipinski definition) is 3. The van der Waals surface area contributed by atoms with Crippen LogP contribution in [0.5, 0.6) is 0 Å². The fourth-order valence-electron chi connectivity index (χ4n) is 2.07. The van der Waals surface area contributed by atoms with Crippen molar-refractivity contribution in [2.75, 3.05) is 0 Å². The van der Waals surface area contributed by atoms with E-state index in [0.717, 1.165) is 17.8 Å². The van der Waals surface area contributed by atoms with Crippen LogP contribution in [0.15, 0.2) is 11.6 Å². The monoisotopic (exact) mass is 238 g/mol. The van der Waals surface area contributed by atoms with Crippen molar-refractivity contribution in [1.29, 1.82) is 0 Å². The molecule has 0 spiro atoms. The van der Waals surface area contributed by atoms with Gasteiger partial charge in [0.05, 0.1) is 5.41 Å². The Morgan fingerprint density at radius 3 is 2.75 bits per heavy atom. The number of amides is 1. The molecule has 16 heavy (non-hydrogen) atoms. The molecule has 1 aromatic heterocycles. The zero-order valence-electron chi connectivity index (χ0n) is 9.82. The molecule has 1 N–H and O–H groups in total. The van der Waals surface area contributed by atoms with Crippen LogP contribution >= 0.6 is 11.3 Å². The second-order valence-electron chi connectivity index (χ2n) is 4.92. The van der Waals surface area contributed by atoms with E-state index < -0.39 is 5.41 Å². The lowest BCUT2D eigenvalue weighted by Gasteiger charge is -2.23. The van der Waals surface area contributed by atoms with Gasteiger partial charge in [-0.1, -0.05) is 12.8 Å². The standard InChI is InChI=1S/C12H18N2OS/c1-12(2,11-13-7-8-16-11)10(15)14-9-5-3-4-6-9/h7-9H,3-6H2,1-2H3,(H,14,15). The molecular formula is C12H18N2OS. The summed E-state index contributed by atoms with van der Waals surface area (Å²) < 4.78 is 0. The summed E-state index contributed by atoms with van der Waals surface area (Å²) in [6.45, 7) is 3.88. The molecular weight excluding hydrogens is 220 g/mol. The summed E-state index contributed by atoms with van der Waals surface area (Å²) in [6, 6.07) is 0.381. The van der Waals surface area contributed by atoms with Gasteiger partial charge in [-0.3, -0.25) is 4.79 Å². The first kappa shape index (κ1) is 11.6. The molecule has 0 unspecified atom stereocenters. The summed E-state index contributed by atoms with van der Waals surface area (Å²) in [5.41, 5.74) is -0.503. The van der Waals surface area contributed by atoms with Gasteiger partial charge in [0.15, 0.2) is 0 Å². The Morgan fingerprint density at radius 1 is 1.50 bits per heavy atom. The van der Waals surface area contributed by atoms with E-state index in [2.05, 4.69) is 10.3 Å². The predicted octanol–water partition coefficient (Wildman–Crippen LogP) is 2.48. The maximum absolute atomic E-state index is 12.2. The van der Waals surface area contributed by atoms with Crippen LogP contribution in [-0.4, -0.2) is 16.9 Å². The molecule has 0 saturated heterocycles. The highest BCUT2D eigenvalue weighted by molar-refractivity contribution is 7.09. The number of aromatic nitrogens is 1. The van der Waals surface area contributed by atoms with Crippen LogP contribution in [0, 0.1) is 0 Å². The van der Waals surface area contributed by atoms with E-state index >= 15 is 0 Å². The summed E-state index contributed by atoms with van der Waals surface area (Å²) in [4.78, 5) is 16.4. The number of carbonyl (C=O) groups is 1. The van der Waals surface area contributed by atoms with E-state index in [0.29, 0.717) is 6.04 Å². The maximum Gasteiger partial charge on any atom is 0.232 e. The smallest absolute Gasteiger partial charge is 0.232 e. The third kappa shape index (κ3) is 2.26. The quantitative estimate of drug-likeness (QED) is 0.879. The molecule has 3 nitrogen and oxygen atoms in total. The minimum absolute atomic E-state index is 0.106. The zero-order chi connectivity index (χ0) is 11.6. The van der Waals surface area contributed by atoms with Crippen molar-refractivity contribution in [2.24, 2.45) is 0 Å². The summed E-state index contributed by atoms with van der Waals surface area (Å²) in [5, 5.41) is 5.94. The van der Waals surface area contributed by atoms with Gasteiger partial charge in [-0.2, -0.15) is 0 Å². The maximum atomic E-state index is 12.2. The van der Waals surface area contributed by atoms with Crippen molar-refractivity contribution >= 4 is 17.2 Å². The molecule has 1 amide bonds. The first-order valence-electron chi connectivity index (χ1n) is 5.81. The molecule has 0 radical (unpaired) electrons. The van der Waals surface area contributed by atoms with Gasteiger partial charge in [-0.15, -0.1) is 11.3 Å². The van der Waals surface area contributed by atoms with Crippen LogP contribution in [0.25, 0.3) is 0 Å². The largest absolute Gasteiger partial charge is 0.353 e. The second kappa shape index (κ2) is 4.53. The van der Waals surface area contributed by atoms with Crippen LogP contribution in [0.2, 0.25) is 0 Å². The van der Waals surface area contributed by atoms with Crippen molar-refractivity contribution in [3.05, 3.63) is 16.6 Å². The lowest BCUT2D eigenvalue weighted by molar-refractivity contribution is -0.126. The molecule has 4 heteroatoms. The molecule has 1 fully saturated rings. The Balaban J connectivity index is 2.02. The Labute approximate surface area is 100 Å². The van der Waals surface area contributed by atoms with Crippen molar-refractivity contribution in [1.82, 2.24) is 10.3 Å². The van der Waals surface area contributed by atoms with Crippen LogP contribution in [0.4, 0.5) is 0 Å². The van der Waals surface area contributed by atoms with Gasteiger partial charge in [0.1, 0.15) is 5.01 Å². The number of hydrogen-bond donors (Lipinski definition) is 1. The highest BCUT2D eigenvalue weighted by Gasteiger charge is 2.33. The number of thiazole rings is 1. The van der Waals surface area contributed by atoms with Gasteiger partial charge in [0.25, 0.3) is 0 Å². The average Bonchev–Trinajstić information content (AvgIpc) is 2.89. The summed E-state index contributed by atoms with van der Waals surface area (Å²) in [7, 11) is 0. The molecule has 0 atom stereocenters. The molecule has 0 bridgehead atoms. The van der Waals surface area contributed by atoms with E-state index in [9.17, 15) is 4.79 Å². The first-order chi connectivity index (χ1) is 7.60. The predicted molar refractivity (Wildman–Crippen MR) is 65.5 cm³/mol. The van der Waals surface area contributed by atoms with Crippen molar-refractivity contribution < 1.29 is 4.79 Å². The van der Waals surface area contributed by atoms with Crippen molar-refractivity contribution in [3.8, 4) is 0 Å². The third-order valence-corrected chi connectivity index (χ3v) is 4.32. The SMILES string of the molecule is CC(C)(C(=O)NC1CCCC1)c1nccs1. The number of nitrogens with zero attached hydrogens (tertiary/aromatic N) is 1. The lowest BCUT2D eigenvalue weighted by atomic mass is 9.93. The van der Waals surface area contributed by atoms with Crippen LogP contribution in [0.3, 0.4) is 0 Å². The summed E-state index contributed by atoms with van der Waals surface area (Å²) in [5.74, 6) is 0.106. The van der Waals surface area contributed by atoms with Gasteiger partial charge in [-0.25, -0.2) is 4.98 Å². The fraction of sp³-hybridized carbons (Fsp3) is 0.667. The van der Waals surface area contributed by atoms with E-state index in [1.807, 2.05) is 19.2 Å². The molecule has 0 aromatic carbocycles. The Kier molecular flexibility index (Phi) is 3.28. The van der Waals surface area contributed by atoms with E-state index in [-0.39, 0.29) is 5.91 Å². The van der Waals surface area contributed by atoms with Gasteiger partial charge in [0.2, 0.25) is 5.91 Å². The molecule has 1 saturated carbocycles. The van der Waals surface area contributed by atoms with E-state index in [1.165, 1.54) is 12.8 Å². The van der Waals surface area contributed by atoms with E-state index in [1.54, 1.807) is 17.5 Å². The van der Waals surface area contributed by atoms with Crippen LogP contribution in [-0.2, 0) is 10.2 Å². The van der Waals surface area contributed by atoms with Crippen LogP contribution < -0.4 is 5.32 Å². The minimum atomic E-state index is -0.503. The normalized spacial score (nSPS) is 17.6. The third-order valence-electron chi connectivity index (χ3n) is 3.23. The van der Waals surface area contributed by atoms with Gasteiger partial charge in [-0.05, 0) is 26.7 Å². The molecule has 1 aromatic rings. The highest BCUT2D eigenvalue weighted by atomic mass is 32.1. The number of nitrogens with one attached hydrogen (secondary N) is 1. The minimum Gasteiger partial charge on any atom is -0.353 e. The average molecular weight is 238 g/mol. The molecule has 88 valence electrons. The molecule has 0 aliphatic heterocycles. The number of rotatable bonds is 3. The summed E-state index contributed by atoms with van der Waals surface area (Å²) in [6.07, 6.45) is 6.48.